The average Bonchev–Trinajstić information content (AvgIpc) is 2.40. The molecule has 3 nitrogen and oxygen atoms in total. The van der Waals surface area contributed by atoms with E-state index < -0.39 is 33.5 Å². The Morgan fingerprint density at radius 1 is 1.00 bits per heavy atom. The van der Waals surface area contributed by atoms with Crippen molar-refractivity contribution in [3.8, 4) is 0 Å². The van der Waals surface area contributed by atoms with Crippen LogP contribution in [0.15, 0.2) is 42.5 Å². The van der Waals surface area contributed by atoms with Crippen molar-refractivity contribution in [2.24, 2.45) is 0 Å². The van der Waals surface area contributed by atoms with Gasteiger partial charge in [0.15, 0.2) is 0 Å². The summed E-state index contributed by atoms with van der Waals surface area (Å²) in [6.07, 6.45) is 0. The minimum absolute atomic E-state index is 0.0454. The lowest BCUT2D eigenvalue weighted by atomic mass is 10.1. The van der Waals surface area contributed by atoms with Crippen LogP contribution in [0, 0.1) is 17.5 Å². The third-order valence-corrected chi connectivity index (χ3v) is 4.48. The van der Waals surface area contributed by atoms with Crippen LogP contribution in [0.2, 0.25) is 0 Å². The molecule has 0 saturated carbocycles. The van der Waals surface area contributed by atoms with Crippen molar-refractivity contribution in [2.75, 3.05) is 0 Å². The number of benzene rings is 2. The van der Waals surface area contributed by atoms with E-state index in [1.807, 2.05) is 0 Å². The van der Waals surface area contributed by atoms with E-state index in [2.05, 4.69) is 4.72 Å². The van der Waals surface area contributed by atoms with E-state index in [1.165, 1.54) is 25.1 Å². The summed E-state index contributed by atoms with van der Waals surface area (Å²) in [5, 5.41) is 0. The second-order valence-electron chi connectivity index (χ2n) is 4.89. The van der Waals surface area contributed by atoms with Gasteiger partial charge in [0.2, 0.25) is 10.0 Å². The second kappa shape index (κ2) is 6.50. The molecule has 0 heterocycles. The van der Waals surface area contributed by atoms with Gasteiger partial charge in [-0.15, -0.1) is 0 Å². The first-order valence-electron chi connectivity index (χ1n) is 6.46. The summed E-state index contributed by atoms with van der Waals surface area (Å²) in [6, 6.07) is 7.13. The molecule has 0 saturated heterocycles. The SMILES string of the molecule is C[C@@H](NS(=O)(=O)Cc1ccc(F)cc1)c1ccc(F)cc1F. The number of sulfonamides is 1. The molecule has 2 aromatic rings. The lowest BCUT2D eigenvalue weighted by Gasteiger charge is -2.15. The Hall–Kier alpha value is -1.86. The van der Waals surface area contributed by atoms with Crippen LogP contribution in [-0.2, 0) is 15.8 Å². The Labute approximate surface area is 126 Å². The molecule has 0 spiro atoms. The van der Waals surface area contributed by atoms with E-state index in [0.29, 0.717) is 11.6 Å². The van der Waals surface area contributed by atoms with Crippen LogP contribution in [0.3, 0.4) is 0 Å². The molecule has 1 N–H and O–H groups in total. The second-order valence-corrected chi connectivity index (χ2v) is 6.64. The summed E-state index contributed by atoms with van der Waals surface area (Å²) in [5.41, 5.74) is 0.449. The molecule has 0 aliphatic heterocycles. The number of nitrogens with one attached hydrogen (secondary N) is 1. The van der Waals surface area contributed by atoms with Crippen molar-refractivity contribution >= 4 is 10.0 Å². The molecule has 2 rings (SSSR count). The fourth-order valence-electron chi connectivity index (χ4n) is 2.03. The fraction of sp³-hybridized carbons (Fsp3) is 0.200. The summed E-state index contributed by atoms with van der Waals surface area (Å²) in [4.78, 5) is 0. The van der Waals surface area contributed by atoms with Crippen LogP contribution < -0.4 is 4.72 Å². The highest BCUT2D eigenvalue weighted by atomic mass is 32.2. The third kappa shape index (κ3) is 4.32. The zero-order chi connectivity index (χ0) is 16.3. The Morgan fingerprint density at radius 3 is 2.18 bits per heavy atom. The first-order valence-corrected chi connectivity index (χ1v) is 8.11. The van der Waals surface area contributed by atoms with Crippen LogP contribution in [-0.4, -0.2) is 8.42 Å². The lowest BCUT2D eigenvalue weighted by Crippen LogP contribution is -2.28. The Balaban J connectivity index is 2.12. The highest BCUT2D eigenvalue weighted by Crippen LogP contribution is 2.19. The summed E-state index contributed by atoms with van der Waals surface area (Å²) in [5.74, 6) is -2.38. The van der Waals surface area contributed by atoms with Gasteiger partial charge in [-0.1, -0.05) is 18.2 Å². The van der Waals surface area contributed by atoms with E-state index in [9.17, 15) is 21.6 Å². The molecule has 1 atom stereocenters. The van der Waals surface area contributed by atoms with Gasteiger partial charge in [0.1, 0.15) is 17.5 Å². The van der Waals surface area contributed by atoms with E-state index in [-0.39, 0.29) is 11.3 Å². The van der Waals surface area contributed by atoms with E-state index >= 15 is 0 Å². The van der Waals surface area contributed by atoms with Crippen molar-refractivity contribution in [3.63, 3.8) is 0 Å². The molecular weight excluding hydrogens is 315 g/mol. The summed E-state index contributed by atoms with van der Waals surface area (Å²) >= 11 is 0. The molecule has 0 unspecified atom stereocenters. The van der Waals surface area contributed by atoms with Gasteiger partial charge in [-0.2, -0.15) is 0 Å². The van der Waals surface area contributed by atoms with Crippen molar-refractivity contribution in [1.82, 2.24) is 4.72 Å². The van der Waals surface area contributed by atoms with Crippen LogP contribution >= 0.6 is 0 Å². The molecule has 118 valence electrons. The minimum Gasteiger partial charge on any atom is -0.212 e. The average molecular weight is 329 g/mol. The zero-order valence-corrected chi connectivity index (χ0v) is 12.5. The maximum atomic E-state index is 13.6. The summed E-state index contributed by atoms with van der Waals surface area (Å²) in [7, 11) is -3.75. The first kappa shape index (κ1) is 16.5. The zero-order valence-electron chi connectivity index (χ0n) is 11.7. The molecular formula is C15H14F3NO2S. The van der Waals surface area contributed by atoms with E-state index in [4.69, 9.17) is 0 Å². The summed E-state index contributed by atoms with van der Waals surface area (Å²) in [6.45, 7) is 1.46. The molecule has 0 fully saturated rings. The third-order valence-electron chi connectivity index (χ3n) is 3.06. The Bertz CT molecular complexity index is 761. The largest absolute Gasteiger partial charge is 0.216 e. The molecule has 0 aromatic heterocycles. The van der Waals surface area contributed by atoms with Crippen molar-refractivity contribution in [2.45, 2.75) is 18.7 Å². The van der Waals surface area contributed by atoms with Gasteiger partial charge in [0.05, 0.1) is 5.75 Å². The monoisotopic (exact) mass is 329 g/mol. The smallest absolute Gasteiger partial charge is 0.212 e. The number of hydrogen-bond acceptors (Lipinski definition) is 2. The Kier molecular flexibility index (Phi) is 4.87. The molecule has 2 aromatic carbocycles. The van der Waals surface area contributed by atoms with Gasteiger partial charge in [0, 0.05) is 17.7 Å². The van der Waals surface area contributed by atoms with Crippen LogP contribution in [0.1, 0.15) is 24.1 Å². The minimum atomic E-state index is -3.75. The first-order chi connectivity index (χ1) is 10.3. The molecule has 0 aliphatic rings. The highest BCUT2D eigenvalue weighted by molar-refractivity contribution is 7.88. The predicted octanol–water partition coefficient (Wildman–Crippen LogP) is 3.28. The maximum Gasteiger partial charge on any atom is 0.216 e. The van der Waals surface area contributed by atoms with Crippen LogP contribution in [0.25, 0.3) is 0 Å². The van der Waals surface area contributed by atoms with Crippen molar-refractivity contribution in [3.05, 3.63) is 71.0 Å². The molecule has 7 heteroatoms. The quantitative estimate of drug-likeness (QED) is 0.915. The Morgan fingerprint density at radius 2 is 1.59 bits per heavy atom. The molecule has 0 radical (unpaired) electrons. The standard InChI is InChI=1S/C15H14F3NO2S/c1-10(14-7-6-13(17)8-15(14)18)19-22(20,21)9-11-2-4-12(16)5-3-11/h2-8,10,19H,9H2,1H3/t10-/m1/s1. The van der Waals surface area contributed by atoms with Gasteiger partial charge >= 0.3 is 0 Å². The molecule has 0 amide bonds. The topological polar surface area (TPSA) is 46.2 Å². The van der Waals surface area contributed by atoms with Crippen LogP contribution in [0.4, 0.5) is 13.2 Å². The molecule has 0 bridgehead atoms. The normalized spacial score (nSPS) is 13.1. The van der Waals surface area contributed by atoms with Gasteiger partial charge in [0.25, 0.3) is 0 Å². The van der Waals surface area contributed by atoms with E-state index in [1.54, 1.807) is 0 Å². The predicted molar refractivity (Wildman–Crippen MR) is 76.9 cm³/mol. The van der Waals surface area contributed by atoms with Gasteiger partial charge in [-0.25, -0.2) is 26.3 Å². The highest BCUT2D eigenvalue weighted by Gasteiger charge is 2.19. The van der Waals surface area contributed by atoms with Gasteiger partial charge in [-0.3, -0.25) is 0 Å². The summed E-state index contributed by atoms with van der Waals surface area (Å²) < 4.78 is 65.7. The maximum absolute atomic E-state index is 13.6. The van der Waals surface area contributed by atoms with Gasteiger partial charge < -0.3 is 0 Å². The lowest BCUT2D eigenvalue weighted by molar-refractivity contribution is 0.539. The number of rotatable bonds is 5. The van der Waals surface area contributed by atoms with E-state index in [0.717, 1.165) is 18.2 Å². The fourth-order valence-corrected chi connectivity index (χ4v) is 3.41. The van der Waals surface area contributed by atoms with Crippen molar-refractivity contribution in [1.29, 1.82) is 0 Å². The number of hydrogen-bond donors (Lipinski definition) is 1. The van der Waals surface area contributed by atoms with Crippen molar-refractivity contribution < 1.29 is 21.6 Å². The van der Waals surface area contributed by atoms with Gasteiger partial charge in [-0.05, 0) is 30.7 Å². The molecule has 22 heavy (non-hydrogen) atoms. The molecule has 0 aliphatic carbocycles. The number of halogens is 3. The van der Waals surface area contributed by atoms with Crippen LogP contribution in [0.5, 0.6) is 0 Å².